The summed E-state index contributed by atoms with van der Waals surface area (Å²) in [6.45, 7) is 4.06. The van der Waals surface area contributed by atoms with Crippen molar-refractivity contribution in [1.29, 1.82) is 0 Å². The number of rotatable bonds is 2. The smallest absolute Gasteiger partial charge is 0.146 e. The molecular weight excluding hydrogens is 224 g/mol. The van der Waals surface area contributed by atoms with Crippen LogP contribution in [0.4, 0.5) is 5.69 Å². The van der Waals surface area contributed by atoms with Gasteiger partial charge in [0.2, 0.25) is 0 Å². The Morgan fingerprint density at radius 2 is 2.33 bits per heavy atom. The number of ether oxygens (including phenoxy) is 1. The lowest BCUT2D eigenvalue weighted by Crippen LogP contribution is -2.32. The van der Waals surface area contributed by atoms with E-state index >= 15 is 0 Å². The number of hydrogen-bond acceptors (Lipinski definition) is 3. The fourth-order valence-electron chi connectivity index (χ4n) is 3.80. The van der Waals surface area contributed by atoms with Crippen molar-refractivity contribution in [2.45, 2.75) is 31.8 Å². The average molecular weight is 244 g/mol. The first kappa shape index (κ1) is 10.7. The SMILES string of the molecule is c1cc(CN2CC3CCC2C3)c2c(c1)NCCO2. The van der Waals surface area contributed by atoms with E-state index < -0.39 is 0 Å². The maximum atomic E-state index is 5.86. The van der Waals surface area contributed by atoms with Gasteiger partial charge in [-0.25, -0.2) is 0 Å². The van der Waals surface area contributed by atoms with Crippen molar-refractivity contribution in [3.63, 3.8) is 0 Å². The van der Waals surface area contributed by atoms with Crippen molar-refractivity contribution < 1.29 is 4.74 Å². The lowest BCUT2D eigenvalue weighted by atomic mass is 10.1. The van der Waals surface area contributed by atoms with Gasteiger partial charge in [-0.2, -0.15) is 0 Å². The lowest BCUT2D eigenvalue weighted by molar-refractivity contribution is 0.201. The molecule has 2 fully saturated rings. The summed E-state index contributed by atoms with van der Waals surface area (Å²) in [5.41, 5.74) is 2.52. The summed E-state index contributed by atoms with van der Waals surface area (Å²) in [6, 6.07) is 7.32. The highest BCUT2D eigenvalue weighted by Gasteiger charge is 2.37. The topological polar surface area (TPSA) is 24.5 Å². The second-order valence-electron chi connectivity index (χ2n) is 5.83. The van der Waals surface area contributed by atoms with Crippen LogP contribution in [-0.4, -0.2) is 30.6 Å². The first-order valence-electron chi connectivity index (χ1n) is 7.13. The largest absolute Gasteiger partial charge is 0.489 e. The third kappa shape index (κ3) is 1.69. The van der Waals surface area contributed by atoms with Gasteiger partial charge >= 0.3 is 0 Å². The summed E-state index contributed by atoms with van der Waals surface area (Å²) >= 11 is 0. The van der Waals surface area contributed by atoms with E-state index in [0.29, 0.717) is 0 Å². The van der Waals surface area contributed by atoms with Gasteiger partial charge < -0.3 is 10.1 Å². The summed E-state index contributed by atoms with van der Waals surface area (Å²) in [4.78, 5) is 2.65. The zero-order valence-corrected chi connectivity index (χ0v) is 10.7. The molecule has 1 N–H and O–H groups in total. The normalized spacial score (nSPS) is 29.8. The molecule has 1 aromatic rings. The summed E-state index contributed by atoms with van der Waals surface area (Å²) in [6.07, 6.45) is 4.28. The van der Waals surface area contributed by atoms with Crippen LogP contribution in [0.15, 0.2) is 18.2 Å². The molecule has 3 nitrogen and oxygen atoms in total. The van der Waals surface area contributed by atoms with Crippen molar-refractivity contribution in [3.8, 4) is 5.75 Å². The van der Waals surface area contributed by atoms with Crippen LogP contribution in [0.25, 0.3) is 0 Å². The zero-order valence-electron chi connectivity index (χ0n) is 10.7. The zero-order chi connectivity index (χ0) is 11.9. The maximum Gasteiger partial charge on any atom is 0.146 e. The molecular formula is C15H20N2O. The molecule has 1 aromatic carbocycles. The first-order chi connectivity index (χ1) is 8.90. The number of nitrogens with one attached hydrogen (secondary N) is 1. The van der Waals surface area contributed by atoms with Crippen LogP contribution in [0.3, 0.4) is 0 Å². The summed E-state index contributed by atoms with van der Waals surface area (Å²) in [7, 11) is 0. The average Bonchev–Trinajstić information content (AvgIpc) is 3.01. The summed E-state index contributed by atoms with van der Waals surface area (Å²) < 4.78 is 5.86. The predicted molar refractivity (Wildman–Crippen MR) is 72.0 cm³/mol. The molecule has 2 bridgehead atoms. The molecule has 0 aromatic heterocycles. The number of hydrogen-bond donors (Lipinski definition) is 1. The number of likely N-dealkylation sites (tertiary alicyclic amines) is 1. The Hall–Kier alpha value is -1.22. The van der Waals surface area contributed by atoms with Crippen LogP contribution >= 0.6 is 0 Å². The molecule has 18 heavy (non-hydrogen) atoms. The van der Waals surface area contributed by atoms with Crippen molar-refractivity contribution in [1.82, 2.24) is 4.90 Å². The van der Waals surface area contributed by atoms with Crippen molar-refractivity contribution in [2.75, 3.05) is 25.0 Å². The van der Waals surface area contributed by atoms with Gasteiger partial charge in [0.05, 0.1) is 5.69 Å². The fraction of sp³-hybridized carbons (Fsp3) is 0.600. The van der Waals surface area contributed by atoms with E-state index in [1.54, 1.807) is 0 Å². The highest BCUT2D eigenvalue weighted by Crippen LogP contribution is 2.40. The standard InChI is InChI=1S/C15H20N2O/c1-2-12(15-14(3-1)16-6-7-18-15)10-17-9-11-4-5-13(17)8-11/h1-3,11,13,16H,4-10H2. The molecule has 1 aliphatic carbocycles. The molecule has 1 saturated heterocycles. The van der Waals surface area contributed by atoms with Crippen LogP contribution in [0.1, 0.15) is 24.8 Å². The van der Waals surface area contributed by atoms with Crippen LogP contribution in [0.2, 0.25) is 0 Å². The molecule has 3 heteroatoms. The van der Waals surface area contributed by atoms with Gasteiger partial charge in [-0.15, -0.1) is 0 Å². The molecule has 2 atom stereocenters. The molecule has 0 amide bonds. The minimum Gasteiger partial charge on any atom is -0.489 e. The number of fused-ring (bicyclic) bond motifs is 3. The van der Waals surface area contributed by atoms with Crippen LogP contribution in [0.5, 0.6) is 5.75 Å². The highest BCUT2D eigenvalue weighted by atomic mass is 16.5. The number of nitrogens with zero attached hydrogens (tertiary/aromatic N) is 1. The Morgan fingerprint density at radius 3 is 3.17 bits per heavy atom. The van der Waals surface area contributed by atoms with E-state index in [9.17, 15) is 0 Å². The molecule has 0 radical (unpaired) electrons. The van der Waals surface area contributed by atoms with Crippen LogP contribution < -0.4 is 10.1 Å². The number of piperidine rings is 1. The van der Waals surface area contributed by atoms with Crippen molar-refractivity contribution in [2.24, 2.45) is 5.92 Å². The quantitative estimate of drug-likeness (QED) is 0.865. The third-order valence-electron chi connectivity index (χ3n) is 4.66. The molecule has 96 valence electrons. The Morgan fingerprint density at radius 1 is 1.33 bits per heavy atom. The maximum absolute atomic E-state index is 5.86. The number of anilines is 1. The third-order valence-corrected chi connectivity index (χ3v) is 4.66. The second-order valence-corrected chi connectivity index (χ2v) is 5.83. The molecule has 2 unspecified atom stereocenters. The molecule has 2 heterocycles. The number of benzene rings is 1. The second kappa shape index (κ2) is 4.16. The molecule has 2 aliphatic heterocycles. The fourth-order valence-corrected chi connectivity index (χ4v) is 3.80. The van der Waals surface area contributed by atoms with Crippen LogP contribution in [-0.2, 0) is 6.54 Å². The van der Waals surface area contributed by atoms with Gasteiger partial charge in [0.1, 0.15) is 12.4 Å². The molecule has 4 rings (SSSR count). The van der Waals surface area contributed by atoms with Gasteiger partial charge in [-0.05, 0) is 31.2 Å². The van der Waals surface area contributed by atoms with Gasteiger partial charge in [-0.1, -0.05) is 12.1 Å². The molecule has 1 saturated carbocycles. The minimum absolute atomic E-state index is 0.788. The minimum atomic E-state index is 0.788. The predicted octanol–water partition coefficient (Wildman–Crippen LogP) is 2.48. The summed E-state index contributed by atoms with van der Waals surface area (Å²) in [5.74, 6) is 2.06. The Kier molecular flexibility index (Phi) is 2.47. The van der Waals surface area contributed by atoms with Crippen LogP contribution in [0, 0.1) is 5.92 Å². The summed E-state index contributed by atoms with van der Waals surface area (Å²) in [5, 5.41) is 3.42. The van der Waals surface area contributed by atoms with E-state index in [2.05, 4.69) is 28.4 Å². The van der Waals surface area contributed by atoms with E-state index in [1.165, 1.54) is 37.1 Å². The molecule has 0 spiro atoms. The van der Waals surface area contributed by atoms with E-state index in [-0.39, 0.29) is 0 Å². The Bertz CT molecular complexity index is 460. The van der Waals surface area contributed by atoms with E-state index in [4.69, 9.17) is 4.74 Å². The first-order valence-corrected chi connectivity index (χ1v) is 7.13. The van der Waals surface area contributed by atoms with Gasteiger partial charge in [0.25, 0.3) is 0 Å². The van der Waals surface area contributed by atoms with Gasteiger partial charge in [0.15, 0.2) is 0 Å². The lowest BCUT2D eigenvalue weighted by Gasteiger charge is -2.29. The highest BCUT2D eigenvalue weighted by molar-refractivity contribution is 5.61. The molecule has 3 aliphatic rings. The monoisotopic (exact) mass is 244 g/mol. The van der Waals surface area contributed by atoms with Crippen molar-refractivity contribution >= 4 is 5.69 Å². The van der Waals surface area contributed by atoms with E-state index in [1.807, 2.05) is 0 Å². The number of para-hydroxylation sites is 1. The Balaban J connectivity index is 1.58. The Labute approximate surface area is 108 Å². The van der Waals surface area contributed by atoms with Gasteiger partial charge in [0, 0.05) is 31.2 Å². The van der Waals surface area contributed by atoms with Crippen molar-refractivity contribution in [3.05, 3.63) is 23.8 Å². The van der Waals surface area contributed by atoms with Gasteiger partial charge in [-0.3, -0.25) is 4.90 Å². The van der Waals surface area contributed by atoms with E-state index in [0.717, 1.165) is 37.4 Å².